The van der Waals surface area contributed by atoms with Crippen LogP contribution in [0.4, 0.5) is 5.69 Å². The van der Waals surface area contributed by atoms with Crippen molar-refractivity contribution in [1.29, 1.82) is 0 Å². The van der Waals surface area contributed by atoms with E-state index in [1.165, 1.54) is 12.3 Å². The minimum atomic E-state index is -4.30. The molecule has 0 atom stereocenters. The number of non-ortho nitro benzene ring substituents is 1. The van der Waals surface area contributed by atoms with Gasteiger partial charge in [-0.05, 0) is 41.1 Å². The van der Waals surface area contributed by atoms with E-state index in [2.05, 4.69) is 10.5 Å². The number of rotatable bonds is 7. The van der Waals surface area contributed by atoms with Crippen LogP contribution >= 0.6 is 0 Å². The van der Waals surface area contributed by atoms with Crippen molar-refractivity contribution in [3.05, 3.63) is 112 Å². The van der Waals surface area contributed by atoms with Crippen molar-refractivity contribution in [3.8, 4) is 5.75 Å². The molecule has 0 aliphatic heterocycles. The van der Waals surface area contributed by atoms with Crippen molar-refractivity contribution in [2.75, 3.05) is 0 Å². The molecule has 0 unspecified atom stereocenters. The lowest BCUT2D eigenvalue weighted by Gasteiger charge is -2.12. The molecule has 4 aromatic carbocycles. The number of hydrazone groups is 1. The van der Waals surface area contributed by atoms with Crippen LogP contribution in [0.3, 0.4) is 0 Å². The second-order valence-corrected chi connectivity index (χ2v) is 8.60. The van der Waals surface area contributed by atoms with Gasteiger partial charge in [0.2, 0.25) is 0 Å². The zero-order valence-electron chi connectivity index (χ0n) is 17.5. The Morgan fingerprint density at radius 3 is 2.29 bits per heavy atom. The number of carbonyl (C=O) groups excluding carboxylic acids is 1. The molecule has 0 radical (unpaired) electrons. The predicted octanol–water partition coefficient (Wildman–Crippen LogP) is 4.28. The Morgan fingerprint density at radius 2 is 1.59 bits per heavy atom. The average Bonchev–Trinajstić information content (AvgIpc) is 2.85. The topological polar surface area (TPSA) is 128 Å². The van der Waals surface area contributed by atoms with Crippen LogP contribution in [0.1, 0.15) is 15.9 Å². The lowest BCUT2D eigenvalue weighted by Crippen LogP contribution is -2.17. The Bertz CT molecular complexity index is 1500. The Hall–Kier alpha value is -4.57. The summed E-state index contributed by atoms with van der Waals surface area (Å²) in [4.78, 5) is 22.2. The van der Waals surface area contributed by atoms with Gasteiger partial charge in [0.1, 0.15) is 4.90 Å². The third-order valence-electron chi connectivity index (χ3n) is 4.86. The molecule has 4 aromatic rings. The largest absolute Gasteiger partial charge is 0.378 e. The third-order valence-corrected chi connectivity index (χ3v) is 6.11. The van der Waals surface area contributed by atoms with E-state index in [4.69, 9.17) is 4.18 Å². The van der Waals surface area contributed by atoms with Crippen LogP contribution in [0.2, 0.25) is 0 Å². The molecule has 0 aliphatic rings. The highest BCUT2D eigenvalue weighted by Crippen LogP contribution is 2.29. The first-order chi connectivity index (χ1) is 16.3. The number of hydrogen-bond acceptors (Lipinski definition) is 7. The van der Waals surface area contributed by atoms with Crippen molar-refractivity contribution in [2.24, 2.45) is 5.10 Å². The molecule has 0 fully saturated rings. The Kier molecular flexibility index (Phi) is 6.33. The maximum atomic E-state index is 12.8. The van der Waals surface area contributed by atoms with Gasteiger partial charge < -0.3 is 4.18 Å². The van der Waals surface area contributed by atoms with Gasteiger partial charge in [-0.15, -0.1) is 0 Å². The van der Waals surface area contributed by atoms with Gasteiger partial charge in [0.25, 0.3) is 11.6 Å². The van der Waals surface area contributed by atoms with Gasteiger partial charge in [0.15, 0.2) is 5.75 Å². The van der Waals surface area contributed by atoms with Crippen LogP contribution in [0.25, 0.3) is 10.8 Å². The summed E-state index contributed by atoms with van der Waals surface area (Å²) in [5, 5.41) is 16.3. The van der Waals surface area contributed by atoms with Crippen molar-refractivity contribution < 1.29 is 22.3 Å². The number of nitrogens with one attached hydrogen (secondary N) is 1. The summed E-state index contributed by atoms with van der Waals surface area (Å²) in [5.41, 5.74) is 2.91. The SMILES string of the molecule is O=C(N/N=C\c1c(OS(=O)(=O)c2ccc([N+](=O)[O-])cc2)ccc2ccccc12)c1ccccc1. The van der Waals surface area contributed by atoms with E-state index in [-0.39, 0.29) is 16.3 Å². The summed E-state index contributed by atoms with van der Waals surface area (Å²) in [6, 6.07) is 23.2. The molecule has 0 bridgehead atoms. The third kappa shape index (κ3) is 4.92. The number of amides is 1. The van der Waals surface area contributed by atoms with Crippen molar-refractivity contribution in [3.63, 3.8) is 0 Å². The standard InChI is InChI=1S/C24H17N3O6S/c28-24(18-7-2-1-3-8-18)26-25-16-22-21-9-5-4-6-17(21)10-15-23(22)33-34(31,32)20-13-11-19(12-14-20)27(29)30/h1-16H,(H,26,28)/b25-16-. The summed E-state index contributed by atoms with van der Waals surface area (Å²) >= 11 is 0. The molecular formula is C24H17N3O6S. The Labute approximate surface area is 194 Å². The molecule has 0 aliphatic carbocycles. The molecule has 9 nitrogen and oxygen atoms in total. The highest BCUT2D eigenvalue weighted by Gasteiger charge is 2.20. The first kappa shape index (κ1) is 22.6. The summed E-state index contributed by atoms with van der Waals surface area (Å²) < 4.78 is 31.0. The molecule has 170 valence electrons. The van der Waals surface area contributed by atoms with E-state index in [0.29, 0.717) is 16.5 Å². The summed E-state index contributed by atoms with van der Waals surface area (Å²) in [6.07, 6.45) is 1.31. The van der Waals surface area contributed by atoms with Crippen LogP contribution in [-0.2, 0) is 10.1 Å². The number of carbonyl (C=O) groups is 1. The van der Waals surface area contributed by atoms with Crippen LogP contribution < -0.4 is 9.61 Å². The Morgan fingerprint density at radius 1 is 0.912 bits per heavy atom. The fourth-order valence-electron chi connectivity index (χ4n) is 3.19. The predicted molar refractivity (Wildman–Crippen MR) is 126 cm³/mol. The molecule has 10 heteroatoms. The van der Waals surface area contributed by atoms with Gasteiger partial charge in [-0.1, -0.05) is 48.5 Å². The second kappa shape index (κ2) is 9.51. The fourth-order valence-corrected chi connectivity index (χ4v) is 4.14. The van der Waals surface area contributed by atoms with Crippen molar-refractivity contribution in [1.82, 2.24) is 5.43 Å². The molecular weight excluding hydrogens is 458 g/mol. The summed E-state index contributed by atoms with van der Waals surface area (Å²) in [6.45, 7) is 0. The summed E-state index contributed by atoms with van der Waals surface area (Å²) in [5.74, 6) is -0.451. The monoisotopic (exact) mass is 475 g/mol. The van der Waals surface area contributed by atoms with E-state index < -0.39 is 20.9 Å². The van der Waals surface area contributed by atoms with Gasteiger partial charge in [-0.3, -0.25) is 14.9 Å². The second-order valence-electron chi connectivity index (χ2n) is 7.05. The number of nitrogens with zero attached hydrogens (tertiary/aromatic N) is 2. The summed E-state index contributed by atoms with van der Waals surface area (Å²) in [7, 11) is -4.30. The molecule has 0 saturated carbocycles. The maximum Gasteiger partial charge on any atom is 0.339 e. The highest BCUT2D eigenvalue weighted by atomic mass is 32.2. The van der Waals surface area contributed by atoms with E-state index in [9.17, 15) is 23.3 Å². The minimum Gasteiger partial charge on any atom is -0.378 e. The van der Waals surface area contributed by atoms with Gasteiger partial charge >= 0.3 is 10.1 Å². The number of nitro groups is 1. The van der Waals surface area contributed by atoms with Crippen LogP contribution in [-0.4, -0.2) is 25.5 Å². The first-order valence-electron chi connectivity index (χ1n) is 9.94. The molecule has 1 N–H and O–H groups in total. The van der Waals surface area contributed by atoms with Gasteiger partial charge in [0, 0.05) is 23.3 Å². The van der Waals surface area contributed by atoms with E-state index in [1.807, 2.05) is 12.1 Å². The van der Waals surface area contributed by atoms with Crippen molar-refractivity contribution in [2.45, 2.75) is 4.90 Å². The highest BCUT2D eigenvalue weighted by molar-refractivity contribution is 7.87. The fraction of sp³-hybridized carbons (Fsp3) is 0. The van der Waals surface area contributed by atoms with Gasteiger partial charge in [0.05, 0.1) is 11.1 Å². The minimum absolute atomic E-state index is 0.0187. The molecule has 0 aromatic heterocycles. The lowest BCUT2D eigenvalue weighted by atomic mass is 10.0. The lowest BCUT2D eigenvalue weighted by molar-refractivity contribution is -0.384. The van der Waals surface area contributed by atoms with Gasteiger partial charge in [-0.25, -0.2) is 5.43 Å². The number of hydrogen-bond donors (Lipinski definition) is 1. The smallest absolute Gasteiger partial charge is 0.339 e. The zero-order chi connectivity index (χ0) is 24.1. The van der Waals surface area contributed by atoms with E-state index in [1.54, 1.807) is 48.5 Å². The zero-order valence-corrected chi connectivity index (χ0v) is 18.3. The normalized spacial score (nSPS) is 11.4. The number of fused-ring (bicyclic) bond motifs is 1. The van der Waals surface area contributed by atoms with E-state index >= 15 is 0 Å². The van der Waals surface area contributed by atoms with E-state index in [0.717, 1.165) is 29.7 Å². The molecule has 1 amide bonds. The van der Waals surface area contributed by atoms with Crippen LogP contribution in [0, 0.1) is 10.1 Å². The van der Waals surface area contributed by atoms with Crippen LogP contribution in [0.5, 0.6) is 5.75 Å². The van der Waals surface area contributed by atoms with Crippen molar-refractivity contribution >= 4 is 38.7 Å². The molecule has 34 heavy (non-hydrogen) atoms. The molecule has 0 saturated heterocycles. The molecule has 0 heterocycles. The quantitative estimate of drug-likeness (QED) is 0.184. The van der Waals surface area contributed by atoms with Gasteiger partial charge in [-0.2, -0.15) is 13.5 Å². The number of benzene rings is 4. The first-order valence-corrected chi connectivity index (χ1v) is 11.3. The number of nitro benzene ring substituents is 1. The Balaban J connectivity index is 1.67. The molecule has 4 rings (SSSR count). The molecule has 0 spiro atoms. The van der Waals surface area contributed by atoms with Crippen LogP contribution in [0.15, 0.2) is 101 Å². The average molecular weight is 475 g/mol. The maximum absolute atomic E-state index is 12.8.